The highest BCUT2D eigenvalue weighted by Gasteiger charge is 2.00. The summed E-state index contributed by atoms with van der Waals surface area (Å²) in [6.45, 7) is 2.07. The zero-order valence-corrected chi connectivity index (χ0v) is 6.98. The van der Waals surface area contributed by atoms with E-state index in [9.17, 15) is 0 Å². The molecule has 0 saturated carbocycles. The lowest BCUT2D eigenvalue weighted by Crippen LogP contribution is -1.87. The lowest BCUT2D eigenvalue weighted by atomic mass is 10.3. The van der Waals surface area contributed by atoms with Gasteiger partial charge >= 0.3 is 0 Å². The molecule has 2 N–H and O–H groups in total. The molecule has 0 aliphatic heterocycles. The van der Waals surface area contributed by atoms with Gasteiger partial charge in [-0.3, -0.25) is 0 Å². The molecule has 0 aromatic carbocycles. The van der Waals surface area contributed by atoms with Crippen LogP contribution in [0.4, 0.5) is 5.82 Å². The molecule has 56 valence electrons. The maximum atomic E-state index is 5.67. The van der Waals surface area contributed by atoms with Gasteiger partial charge < -0.3 is 5.73 Å². The Hall–Kier alpha value is -1.09. The Labute approximate surface area is 68.7 Å². The van der Waals surface area contributed by atoms with Crippen LogP contribution in [0.1, 0.15) is 4.88 Å². The number of pyridine rings is 1. The second kappa shape index (κ2) is 2.20. The first-order valence-electron chi connectivity index (χ1n) is 3.38. The van der Waals surface area contributed by atoms with Crippen LogP contribution in [0.25, 0.3) is 10.1 Å². The molecule has 0 aliphatic rings. The predicted molar refractivity (Wildman–Crippen MR) is 48.8 cm³/mol. The Morgan fingerprint density at radius 3 is 3.09 bits per heavy atom. The molecule has 0 amide bonds. The molecule has 2 rings (SSSR count). The molecule has 11 heavy (non-hydrogen) atoms. The first-order chi connectivity index (χ1) is 5.27. The topological polar surface area (TPSA) is 38.9 Å². The fourth-order valence-corrected chi connectivity index (χ4v) is 2.04. The molecule has 0 spiro atoms. The Kier molecular flexibility index (Phi) is 1.32. The average molecular weight is 164 g/mol. The minimum absolute atomic E-state index is 0.631. The van der Waals surface area contributed by atoms with Gasteiger partial charge in [0.1, 0.15) is 5.82 Å². The molecule has 0 saturated heterocycles. The number of rotatable bonds is 0. The molecule has 2 heterocycles. The van der Waals surface area contributed by atoms with E-state index in [0.717, 1.165) is 5.39 Å². The first kappa shape index (κ1) is 6.61. The third-order valence-electron chi connectivity index (χ3n) is 1.60. The van der Waals surface area contributed by atoms with Crippen molar-refractivity contribution in [2.45, 2.75) is 6.92 Å². The summed E-state index contributed by atoms with van der Waals surface area (Å²) in [5.41, 5.74) is 5.67. The third kappa shape index (κ3) is 0.973. The maximum absolute atomic E-state index is 5.67. The van der Waals surface area contributed by atoms with E-state index in [0.29, 0.717) is 5.82 Å². The van der Waals surface area contributed by atoms with Crippen molar-refractivity contribution in [1.82, 2.24) is 4.98 Å². The van der Waals surface area contributed by atoms with E-state index in [4.69, 9.17) is 5.73 Å². The Bertz CT molecular complexity index is 392. The Balaban J connectivity index is 2.90. The van der Waals surface area contributed by atoms with E-state index in [2.05, 4.69) is 18.0 Å². The lowest BCUT2D eigenvalue weighted by molar-refractivity contribution is 1.37. The molecule has 0 fully saturated rings. The minimum atomic E-state index is 0.631. The van der Waals surface area contributed by atoms with Crippen molar-refractivity contribution in [3.63, 3.8) is 0 Å². The second-order valence-electron chi connectivity index (χ2n) is 2.47. The van der Waals surface area contributed by atoms with Crippen molar-refractivity contribution in [3.05, 3.63) is 23.2 Å². The van der Waals surface area contributed by atoms with Gasteiger partial charge in [-0.05, 0) is 19.1 Å². The van der Waals surface area contributed by atoms with Crippen LogP contribution in [0.3, 0.4) is 0 Å². The number of aryl methyl sites for hydroxylation is 1. The Morgan fingerprint density at radius 2 is 2.36 bits per heavy atom. The standard InChI is InChI=1S/C8H8N2S/c1-5-4-6-7(11-5)2-3-10-8(6)9/h2-4H,1H3,(H2,9,10). The van der Waals surface area contributed by atoms with E-state index >= 15 is 0 Å². The summed E-state index contributed by atoms with van der Waals surface area (Å²) in [4.78, 5) is 5.28. The monoisotopic (exact) mass is 164 g/mol. The SMILES string of the molecule is Cc1cc2c(N)nccc2s1. The van der Waals surface area contributed by atoms with Crippen LogP contribution in [0, 0.1) is 6.92 Å². The summed E-state index contributed by atoms with van der Waals surface area (Å²) in [7, 11) is 0. The minimum Gasteiger partial charge on any atom is -0.383 e. The molecule has 3 heteroatoms. The Morgan fingerprint density at radius 1 is 1.55 bits per heavy atom. The number of fused-ring (bicyclic) bond motifs is 1. The van der Waals surface area contributed by atoms with Crippen molar-refractivity contribution >= 4 is 27.2 Å². The highest BCUT2D eigenvalue weighted by Crippen LogP contribution is 2.27. The van der Waals surface area contributed by atoms with Gasteiger partial charge in [-0.15, -0.1) is 11.3 Å². The second-order valence-corrected chi connectivity index (χ2v) is 3.75. The van der Waals surface area contributed by atoms with Gasteiger partial charge in [0.25, 0.3) is 0 Å². The van der Waals surface area contributed by atoms with Crippen LogP contribution in [0.2, 0.25) is 0 Å². The molecule has 0 radical (unpaired) electrons. The highest BCUT2D eigenvalue weighted by atomic mass is 32.1. The van der Waals surface area contributed by atoms with Crippen molar-refractivity contribution < 1.29 is 0 Å². The maximum Gasteiger partial charge on any atom is 0.132 e. The summed E-state index contributed by atoms with van der Waals surface area (Å²) in [6.07, 6.45) is 1.74. The van der Waals surface area contributed by atoms with Crippen molar-refractivity contribution in [2.24, 2.45) is 0 Å². The number of hydrogen-bond donors (Lipinski definition) is 1. The van der Waals surface area contributed by atoms with E-state index < -0.39 is 0 Å². The molecule has 2 aromatic heterocycles. The highest BCUT2D eigenvalue weighted by molar-refractivity contribution is 7.19. The van der Waals surface area contributed by atoms with Crippen molar-refractivity contribution in [2.75, 3.05) is 5.73 Å². The zero-order valence-electron chi connectivity index (χ0n) is 6.16. The van der Waals surface area contributed by atoms with Crippen LogP contribution >= 0.6 is 11.3 Å². The number of thiophene rings is 1. The molecule has 2 aromatic rings. The number of nitrogen functional groups attached to an aromatic ring is 1. The normalized spacial score (nSPS) is 10.6. The van der Waals surface area contributed by atoms with Gasteiger partial charge in [0.2, 0.25) is 0 Å². The summed E-state index contributed by atoms with van der Waals surface area (Å²) < 4.78 is 1.22. The quantitative estimate of drug-likeness (QED) is 0.648. The van der Waals surface area contributed by atoms with Crippen LogP contribution in [0.5, 0.6) is 0 Å². The average Bonchev–Trinajstić information content (AvgIpc) is 2.31. The summed E-state index contributed by atoms with van der Waals surface area (Å²) in [6, 6.07) is 4.06. The number of nitrogens with two attached hydrogens (primary N) is 1. The molecule has 0 atom stereocenters. The largest absolute Gasteiger partial charge is 0.383 e. The fraction of sp³-hybridized carbons (Fsp3) is 0.125. The fourth-order valence-electron chi connectivity index (χ4n) is 1.11. The molecule has 0 unspecified atom stereocenters. The van der Waals surface area contributed by atoms with Crippen molar-refractivity contribution in [3.8, 4) is 0 Å². The summed E-state index contributed by atoms with van der Waals surface area (Å²) in [5, 5.41) is 1.08. The van der Waals surface area contributed by atoms with E-state index in [-0.39, 0.29) is 0 Å². The van der Waals surface area contributed by atoms with Crippen LogP contribution in [0.15, 0.2) is 18.3 Å². The number of nitrogens with zero attached hydrogens (tertiary/aromatic N) is 1. The first-order valence-corrected chi connectivity index (χ1v) is 4.19. The van der Waals surface area contributed by atoms with Gasteiger partial charge in [-0.25, -0.2) is 4.98 Å². The van der Waals surface area contributed by atoms with Crippen LogP contribution in [-0.2, 0) is 0 Å². The van der Waals surface area contributed by atoms with E-state index in [1.54, 1.807) is 17.5 Å². The zero-order chi connectivity index (χ0) is 7.84. The molecular weight excluding hydrogens is 156 g/mol. The summed E-state index contributed by atoms with van der Waals surface area (Å²) >= 11 is 1.75. The molecule has 0 aliphatic carbocycles. The molecular formula is C8H8N2S. The van der Waals surface area contributed by atoms with Crippen LogP contribution < -0.4 is 5.73 Å². The van der Waals surface area contributed by atoms with Gasteiger partial charge in [0.05, 0.1) is 0 Å². The van der Waals surface area contributed by atoms with E-state index in [1.165, 1.54) is 9.58 Å². The molecule has 2 nitrogen and oxygen atoms in total. The lowest BCUT2D eigenvalue weighted by Gasteiger charge is -1.91. The smallest absolute Gasteiger partial charge is 0.132 e. The van der Waals surface area contributed by atoms with Gasteiger partial charge in [-0.2, -0.15) is 0 Å². The number of hydrogen-bond acceptors (Lipinski definition) is 3. The predicted octanol–water partition coefficient (Wildman–Crippen LogP) is 2.19. The molecule has 0 bridgehead atoms. The third-order valence-corrected chi connectivity index (χ3v) is 2.62. The van der Waals surface area contributed by atoms with Gasteiger partial charge in [-0.1, -0.05) is 0 Å². The number of aromatic nitrogens is 1. The van der Waals surface area contributed by atoms with Gasteiger partial charge in [0.15, 0.2) is 0 Å². The van der Waals surface area contributed by atoms with Crippen molar-refractivity contribution in [1.29, 1.82) is 0 Å². The number of anilines is 1. The van der Waals surface area contributed by atoms with Gasteiger partial charge in [0, 0.05) is 21.2 Å². The van der Waals surface area contributed by atoms with E-state index in [1.807, 2.05) is 6.07 Å². The summed E-state index contributed by atoms with van der Waals surface area (Å²) in [5.74, 6) is 0.631. The van der Waals surface area contributed by atoms with Crippen LogP contribution in [-0.4, -0.2) is 4.98 Å².